The van der Waals surface area contributed by atoms with E-state index < -0.39 is 0 Å². The van der Waals surface area contributed by atoms with Crippen LogP contribution in [0.25, 0.3) is 0 Å². The summed E-state index contributed by atoms with van der Waals surface area (Å²) in [5.74, 6) is 0. The van der Waals surface area contributed by atoms with E-state index in [9.17, 15) is 4.79 Å². The highest BCUT2D eigenvalue weighted by Crippen LogP contribution is 1.83. The molecule has 0 fully saturated rings. The molecular formula is C9H20N2O. The second-order valence-electron chi connectivity index (χ2n) is 1.82. The maximum absolute atomic E-state index is 10.4. The fourth-order valence-corrected chi connectivity index (χ4v) is 0.572. The van der Waals surface area contributed by atoms with Crippen LogP contribution in [-0.2, 0) is 7.05 Å². The molecule has 0 aliphatic rings. The molecule has 0 aromatic carbocycles. The standard InChI is InChI=1S/C5H8N2O.2C2H6/c1-4-3-5(8)6-7(4)2;2*1-2/h3H,1-2H3,(H,6,8);2*1-2H3. The fraction of sp³-hybridized carbons (Fsp3) is 0.667. The molecule has 1 rings (SSSR count). The SMILES string of the molecule is CC.CC.Cc1cc(=O)[nH]n1C. The molecule has 3 nitrogen and oxygen atoms in total. The van der Waals surface area contributed by atoms with Gasteiger partial charge in [-0.2, -0.15) is 0 Å². The van der Waals surface area contributed by atoms with E-state index in [0.29, 0.717) is 0 Å². The van der Waals surface area contributed by atoms with Gasteiger partial charge in [0.2, 0.25) is 0 Å². The lowest BCUT2D eigenvalue weighted by atomic mass is 10.5. The summed E-state index contributed by atoms with van der Waals surface area (Å²) in [6.07, 6.45) is 0. The van der Waals surface area contributed by atoms with Gasteiger partial charge in [0.25, 0.3) is 5.56 Å². The number of rotatable bonds is 0. The summed E-state index contributed by atoms with van der Waals surface area (Å²) in [5.41, 5.74) is 0.917. The van der Waals surface area contributed by atoms with Crippen LogP contribution in [0.4, 0.5) is 0 Å². The van der Waals surface area contributed by atoms with Gasteiger partial charge < -0.3 is 0 Å². The molecule has 12 heavy (non-hydrogen) atoms. The van der Waals surface area contributed by atoms with Crippen molar-refractivity contribution in [3.63, 3.8) is 0 Å². The highest BCUT2D eigenvalue weighted by atomic mass is 16.1. The largest absolute Gasteiger partial charge is 0.293 e. The van der Waals surface area contributed by atoms with E-state index in [-0.39, 0.29) is 5.56 Å². The van der Waals surface area contributed by atoms with Crippen molar-refractivity contribution in [3.8, 4) is 0 Å². The summed E-state index contributed by atoms with van der Waals surface area (Å²) in [7, 11) is 1.80. The molecule has 0 aliphatic carbocycles. The zero-order valence-electron chi connectivity index (χ0n) is 8.93. The molecule has 0 unspecified atom stereocenters. The quantitative estimate of drug-likeness (QED) is 0.639. The third kappa shape index (κ3) is 4.77. The maximum atomic E-state index is 10.4. The van der Waals surface area contributed by atoms with Gasteiger partial charge in [-0.05, 0) is 6.92 Å². The van der Waals surface area contributed by atoms with E-state index in [0.717, 1.165) is 5.69 Å². The Morgan fingerprint density at radius 3 is 1.75 bits per heavy atom. The van der Waals surface area contributed by atoms with Crippen molar-refractivity contribution in [1.82, 2.24) is 9.78 Å². The average molecular weight is 172 g/mol. The molecule has 72 valence electrons. The molecule has 0 saturated carbocycles. The summed E-state index contributed by atoms with van der Waals surface area (Å²) in [6.45, 7) is 9.87. The molecule has 0 spiro atoms. The van der Waals surface area contributed by atoms with Crippen LogP contribution in [0.15, 0.2) is 10.9 Å². The van der Waals surface area contributed by atoms with Crippen LogP contribution >= 0.6 is 0 Å². The van der Waals surface area contributed by atoms with E-state index in [4.69, 9.17) is 0 Å². The number of aromatic amines is 1. The number of nitrogens with one attached hydrogen (secondary N) is 1. The molecule has 3 heteroatoms. The number of H-pyrrole nitrogens is 1. The number of aryl methyl sites for hydroxylation is 2. The fourth-order valence-electron chi connectivity index (χ4n) is 0.572. The minimum atomic E-state index is -0.0370. The first-order valence-corrected chi connectivity index (χ1v) is 4.43. The van der Waals surface area contributed by atoms with Crippen LogP contribution in [0.3, 0.4) is 0 Å². The van der Waals surface area contributed by atoms with Crippen LogP contribution in [0.5, 0.6) is 0 Å². The number of aromatic nitrogens is 2. The Morgan fingerprint density at radius 1 is 1.25 bits per heavy atom. The lowest BCUT2D eigenvalue weighted by Gasteiger charge is -1.89. The molecule has 1 heterocycles. The topological polar surface area (TPSA) is 37.8 Å². The average Bonchev–Trinajstić information content (AvgIpc) is 2.37. The minimum Gasteiger partial charge on any atom is -0.293 e. The Kier molecular flexibility index (Phi) is 9.18. The number of nitrogens with zero attached hydrogens (tertiary/aromatic N) is 1. The van der Waals surface area contributed by atoms with E-state index >= 15 is 0 Å². The van der Waals surface area contributed by atoms with Crippen LogP contribution in [0.2, 0.25) is 0 Å². The molecule has 0 bridgehead atoms. The van der Waals surface area contributed by atoms with Crippen molar-refractivity contribution >= 4 is 0 Å². The number of hydrogen-bond acceptors (Lipinski definition) is 1. The van der Waals surface area contributed by atoms with Gasteiger partial charge in [0, 0.05) is 18.8 Å². The van der Waals surface area contributed by atoms with E-state index in [2.05, 4.69) is 5.10 Å². The Balaban J connectivity index is 0. The van der Waals surface area contributed by atoms with Gasteiger partial charge in [-0.3, -0.25) is 14.6 Å². The molecule has 0 saturated heterocycles. The highest BCUT2D eigenvalue weighted by molar-refractivity contribution is 4.95. The third-order valence-corrected chi connectivity index (χ3v) is 1.15. The monoisotopic (exact) mass is 172 g/mol. The second-order valence-corrected chi connectivity index (χ2v) is 1.82. The Morgan fingerprint density at radius 2 is 1.67 bits per heavy atom. The van der Waals surface area contributed by atoms with E-state index in [1.54, 1.807) is 17.8 Å². The normalized spacial score (nSPS) is 7.50. The lowest BCUT2D eigenvalue weighted by Crippen LogP contribution is -2.00. The maximum Gasteiger partial charge on any atom is 0.264 e. The first-order chi connectivity index (χ1) is 5.70. The Hall–Kier alpha value is -0.990. The van der Waals surface area contributed by atoms with Crippen molar-refractivity contribution in [2.45, 2.75) is 34.6 Å². The molecule has 1 aromatic rings. The van der Waals surface area contributed by atoms with Gasteiger partial charge in [0.05, 0.1) is 0 Å². The van der Waals surface area contributed by atoms with Gasteiger partial charge >= 0.3 is 0 Å². The summed E-state index contributed by atoms with van der Waals surface area (Å²) < 4.78 is 1.68. The van der Waals surface area contributed by atoms with Gasteiger partial charge in [-0.1, -0.05) is 27.7 Å². The Labute approximate surface area is 74.4 Å². The molecule has 0 atom stereocenters. The summed E-state index contributed by atoms with van der Waals surface area (Å²) in [6, 6.07) is 1.56. The molecule has 1 aromatic heterocycles. The second kappa shape index (κ2) is 8.11. The summed E-state index contributed by atoms with van der Waals surface area (Å²) >= 11 is 0. The minimum absolute atomic E-state index is 0.0370. The van der Waals surface area contributed by atoms with Crippen molar-refractivity contribution < 1.29 is 0 Å². The zero-order valence-corrected chi connectivity index (χ0v) is 8.93. The smallest absolute Gasteiger partial charge is 0.264 e. The van der Waals surface area contributed by atoms with Crippen molar-refractivity contribution in [2.75, 3.05) is 0 Å². The van der Waals surface area contributed by atoms with Crippen LogP contribution in [-0.4, -0.2) is 9.78 Å². The van der Waals surface area contributed by atoms with E-state index in [1.807, 2.05) is 34.6 Å². The van der Waals surface area contributed by atoms with Crippen LogP contribution in [0, 0.1) is 6.92 Å². The van der Waals surface area contributed by atoms with Crippen molar-refractivity contribution in [3.05, 3.63) is 22.1 Å². The summed E-state index contributed by atoms with van der Waals surface area (Å²) in [4.78, 5) is 10.4. The third-order valence-electron chi connectivity index (χ3n) is 1.15. The van der Waals surface area contributed by atoms with E-state index in [1.165, 1.54) is 0 Å². The van der Waals surface area contributed by atoms with Gasteiger partial charge in [-0.15, -0.1) is 0 Å². The molecule has 1 N–H and O–H groups in total. The van der Waals surface area contributed by atoms with Gasteiger partial charge in [0.1, 0.15) is 0 Å². The number of hydrogen-bond donors (Lipinski definition) is 1. The van der Waals surface area contributed by atoms with Crippen molar-refractivity contribution in [2.24, 2.45) is 7.05 Å². The summed E-state index contributed by atoms with van der Waals surface area (Å²) in [5, 5.41) is 2.57. The Bertz CT molecular complexity index is 212. The molecule has 0 radical (unpaired) electrons. The lowest BCUT2D eigenvalue weighted by molar-refractivity contribution is 0.731. The van der Waals surface area contributed by atoms with Crippen molar-refractivity contribution in [1.29, 1.82) is 0 Å². The van der Waals surface area contributed by atoms with Crippen LogP contribution < -0.4 is 5.56 Å². The predicted octanol–water partition coefficient (Wildman–Crippen LogP) is 2.07. The zero-order chi connectivity index (χ0) is 10.1. The molecular weight excluding hydrogens is 152 g/mol. The molecule has 0 aliphatic heterocycles. The van der Waals surface area contributed by atoms with Crippen LogP contribution in [0.1, 0.15) is 33.4 Å². The van der Waals surface area contributed by atoms with Gasteiger partial charge in [0.15, 0.2) is 0 Å². The highest BCUT2D eigenvalue weighted by Gasteiger charge is 1.89. The molecule has 0 amide bonds. The first kappa shape index (κ1) is 13.6. The van der Waals surface area contributed by atoms with Gasteiger partial charge in [-0.25, -0.2) is 0 Å². The first-order valence-electron chi connectivity index (χ1n) is 4.43. The predicted molar refractivity (Wildman–Crippen MR) is 53.5 cm³/mol.